The Morgan fingerprint density at radius 2 is 1.86 bits per heavy atom. The van der Waals surface area contributed by atoms with E-state index >= 15 is 0 Å². The minimum atomic E-state index is -3.70. The average Bonchev–Trinajstić information content (AvgIpc) is 2.38. The number of imide groups is 1. The molecule has 3 amide bonds. The van der Waals surface area contributed by atoms with Crippen molar-refractivity contribution in [2.45, 2.75) is 23.6 Å². The molecule has 0 aliphatic carbocycles. The molecule has 116 valence electrons. The van der Waals surface area contributed by atoms with Gasteiger partial charge >= 0.3 is 6.03 Å². The molecule has 7 nitrogen and oxygen atoms in total. The van der Waals surface area contributed by atoms with Gasteiger partial charge in [0.15, 0.2) is 0 Å². The number of benzene rings is 1. The van der Waals surface area contributed by atoms with Gasteiger partial charge in [-0.15, -0.1) is 11.6 Å². The van der Waals surface area contributed by atoms with Gasteiger partial charge < -0.3 is 5.32 Å². The van der Waals surface area contributed by atoms with E-state index in [1.807, 2.05) is 0 Å². The molecular formula is C12H16ClN3O4S. The molecule has 0 saturated heterocycles. The van der Waals surface area contributed by atoms with Gasteiger partial charge in [0, 0.05) is 6.54 Å². The smallest absolute Gasteiger partial charge is 0.321 e. The first-order valence-electron chi connectivity index (χ1n) is 6.04. The molecular weight excluding hydrogens is 318 g/mol. The van der Waals surface area contributed by atoms with Gasteiger partial charge in [-0.2, -0.15) is 0 Å². The Kier molecular flexibility index (Phi) is 6.13. The molecule has 0 radical (unpaired) electrons. The van der Waals surface area contributed by atoms with Gasteiger partial charge in [-0.3, -0.25) is 10.1 Å². The van der Waals surface area contributed by atoms with Crippen LogP contribution in [0.25, 0.3) is 0 Å². The summed E-state index contributed by atoms with van der Waals surface area (Å²) in [6.07, 6.45) is 0.475. The van der Waals surface area contributed by atoms with E-state index in [9.17, 15) is 18.0 Å². The van der Waals surface area contributed by atoms with E-state index in [-0.39, 0.29) is 11.4 Å². The fraction of sp³-hybridized carbons (Fsp3) is 0.333. The Morgan fingerprint density at radius 3 is 2.33 bits per heavy atom. The number of amides is 3. The Hall–Kier alpha value is -1.64. The van der Waals surface area contributed by atoms with Crippen molar-refractivity contribution in [1.29, 1.82) is 0 Å². The molecule has 0 aliphatic heterocycles. The first-order chi connectivity index (χ1) is 9.70. The third-order valence-corrected chi connectivity index (χ3v) is 3.68. The second-order valence-corrected chi connectivity index (χ2v) is 6.52. The van der Waals surface area contributed by atoms with Crippen LogP contribution in [-0.4, -0.2) is 32.3 Å². The average molecular weight is 334 g/mol. The van der Waals surface area contributed by atoms with Crippen molar-refractivity contribution in [1.82, 2.24) is 10.6 Å². The number of hydrogen-bond donors (Lipinski definition) is 3. The number of hydrogen-bond acceptors (Lipinski definition) is 4. The lowest BCUT2D eigenvalue weighted by Gasteiger charge is -2.08. The zero-order valence-electron chi connectivity index (χ0n) is 11.3. The summed E-state index contributed by atoms with van der Waals surface area (Å²) < 4.78 is 22.1. The quantitative estimate of drug-likeness (QED) is 0.673. The monoisotopic (exact) mass is 333 g/mol. The molecule has 4 N–H and O–H groups in total. The maximum Gasteiger partial charge on any atom is 0.321 e. The van der Waals surface area contributed by atoms with Crippen LogP contribution in [0.2, 0.25) is 0 Å². The minimum absolute atomic E-state index is 0.0265. The summed E-state index contributed by atoms with van der Waals surface area (Å²) in [5.74, 6) is -0.577. The molecule has 9 heteroatoms. The van der Waals surface area contributed by atoms with Crippen LogP contribution in [0, 0.1) is 0 Å². The Balaban J connectivity index is 2.43. The summed E-state index contributed by atoms with van der Waals surface area (Å²) in [6.45, 7) is 1.74. The van der Waals surface area contributed by atoms with Gasteiger partial charge in [-0.25, -0.2) is 18.4 Å². The van der Waals surface area contributed by atoms with E-state index in [1.165, 1.54) is 19.1 Å². The highest BCUT2D eigenvalue weighted by Gasteiger charge is 2.12. The van der Waals surface area contributed by atoms with Crippen LogP contribution in [0.1, 0.15) is 12.5 Å². The SMILES string of the molecule is CC(Cl)C(=O)NC(=O)NCCc1ccc(S(N)(=O)=O)cc1. The van der Waals surface area contributed by atoms with Crippen molar-refractivity contribution in [3.8, 4) is 0 Å². The molecule has 0 bridgehead atoms. The van der Waals surface area contributed by atoms with Crippen molar-refractivity contribution in [2.75, 3.05) is 6.54 Å². The first-order valence-corrected chi connectivity index (χ1v) is 8.03. The Bertz CT molecular complexity index is 614. The van der Waals surface area contributed by atoms with E-state index in [1.54, 1.807) is 12.1 Å². The van der Waals surface area contributed by atoms with Gasteiger partial charge in [0.1, 0.15) is 5.38 Å². The molecule has 21 heavy (non-hydrogen) atoms. The molecule has 0 fully saturated rings. The number of primary sulfonamides is 1. The van der Waals surface area contributed by atoms with Crippen LogP contribution in [0.5, 0.6) is 0 Å². The third kappa shape index (κ3) is 6.11. The number of urea groups is 1. The van der Waals surface area contributed by atoms with Crippen molar-refractivity contribution >= 4 is 33.6 Å². The molecule has 0 aliphatic rings. The number of nitrogens with one attached hydrogen (secondary N) is 2. The highest BCUT2D eigenvalue weighted by Crippen LogP contribution is 2.08. The van der Waals surface area contributed by atoms with Gasteiger partial charge in [0.2, 0.25) is 15.9 Å². The Labute approximate surface area is 127 Å². The van der Waals surface area contributed by atoms with Gasteiger partial charge in [0.05, 0.1) is 4.90 Å². The largest absolute Gasteiger partial charge is 0.337 e. The van der Waals surface area contributed by atoms with E-state index < -0.39 is 27.3 Å². The van der Waals surface area contributed by atoms with E-state index in [0.29, 0.717) is 6.42 Å². The molecule has 0 aromatic heterocycles. The summed E-state index contributed by atoms with van der Waals surface area (Å²) in [6, 6.07) is 5.36. The maximum absolute atomic E-state index is 11.3. The van der Waals surface area contributed by atoms with E-state index in [4.69, 9.17) is 16.7 Å². The van der Waals surface area contributed by atoms with Crippen LogP contribution in [-0.2, 0) is 21.2 Å². The van der Waals surface area contributed by atoms with Crippen LogP contribution >= 0.6 is 11.6 Å². The van der Waals surface area contributed by atoms with Crippen LogP contribution in [0.3, 0.4) is 0 Å². The molecule has 1 aromatic carbocycles. The van der Waals surface area contributed by atoms with Crippen LogP contribution in [0.4, 0.5) is 4.79 Å². The lowest BCUT2D eigenvalue weighted by atomic mass is 10.1. The van der Waals surface area contributed by atoms with Crippen LogP contribution in [0.15, 0.2) is 29.2 Å². The number of rotatable bonds is 5. The predicted molar refractivity (Wildman–Crippen MR) is 78.4 cm³/mol. The normalized spacial score (nSPS) is 12.5. The predicted octanol–water partition coefficient (Wildman–Crippen LogP) is 0.330. The number of alkyl halides is 1. The van der Waals surface area contributed by atoms with Crippen LogP contribution < -0.4 is 15.8 Å². The summed E-state index contributed by atoms with van der Waals surface area (Å²) in [5.41, 5.74) is 0.819. The maximum atomic E-state index is 11.3. The molecule has 1 rings (SSSR count). The number of sulfonamides is 1. The number of carbonyl (C=O) groups excluding carboxylic acids is 2. The van der Waals surface area contributed by atoms with Crippen molar-refractivity contribution < 1.29 is 18.0 Å². The summed E-state index contributed by atoms with van der Waals surface area (Å²) >= 11 is 5.50. The van der Waals surface area contributed by atoms with E-state index in [2.05, 4.69) is 10.6 Å². The summed E-state index contributed by atoms with van der Waals surface area (Å²) in [4.78, 5) is 22.5. The third-order valence-electron chi connectivity index (χ3n) is 2.55. The second-order valence-electron chi connectivity index (χ2n) is 4.30. The van der Waals surface area contributed by atoms with Gasteiger partial charge in [0.25, 0.3) is 0 Å². The summed E-state index contributed by atoms with van der Waals surface area (Å²) in [7, 11) is -3.70. The Morgan fingerprint density at radius 1 is 1.29 bits per heavy atom. The topological polar surface area (TPSA) is 118 Å². The fourth-order valence-electron chi connectivity index (χ4n) is 1.42. The second kappa shape index (κ2) is 7.39. The molecule has 0 heterocycles. The molecule has 0 spiro atoms. The van der Waals surface area contributed by atoms with Crippen molar-refractivity contribution in [3.63, 3.8) is 0 Å². The number of halogens is 1. The number of carbonyl (C=O) groups is 2. The lowest BCUT2D eigenvalue weighted by molar-refractivity contribution is -0.119. The molecule has 1 aromatic rings. The molecule has 0 saturated carbocycles. The zero-order valence-corrected chi connectivity index (χ0v) is 12.9. The highest BCUT2D eigenvalue weighted by molar-refractivity contribution is 7.89. The van der Waals surface area contributed by atoms with Crippen molar-refractivity contribution in [2.24, 2.45) is 5.14 Å². The molecule has 1 atom stereocenters. The number of nitrogens with two attached hydrogens (primary N) is 1. The first kappa shape index (κ1) is 17.4. The highest BCUT2D eigenvalue weighted by atomic mass is 35.5. The zero-order chi connectivity index (χ0) is 16.0. The van der Waals surface area contributed by atoms with Gasteiger partial charge in [-0.1, -0.05) is 12.1 Å². The van der Waals surface area contributed by atoms with Crippen molar-refractivity contribution in [3.05, 3.63) is 29.8 Å². The summed E-state index contributed by atoms with van der Waals surface area (Å²) in [5, 5.41) is 8.76. The lowest BCUT2D eigenvalue weighted by Crippen LogP contribution is -2.42. The standard InChI is InChI=1S/C12H16ClN3O4S/c1-8(13)11(17)16-12(18)15-7-6-9-2-4-10(5-3-9)21(14,19)20/h2-5,8H,6-7H2,1H3,(H2,14,19,20)(H2,15,16,17,18). The molecule has 1 unspecified atom stereocenters. The van der Waals surface area contributed by atoms with E-state index in [0.717, 1.165) is 5.56 Å². The fourth-order valence-corrected chi connectivity index (χ4v) is 1.99. The van der Waals surface area contributed by atoms with Gasteiger partial charge in [-0.05, 0) is 31.0 Å². The minimum Gasteiger partial charge on any atom is -0.337 e.